The molecule has 0 aliphatic carbocycles. The molecule has 4 nitrogen and oxygen atoms in total. The third-order valence-corrected chi connectivity index (χ3v) is 4.06. The van der Waals surface area contributed by atoms with Crippen molar-refractivity contribution in [2.24, 2.45) is 0 Å². The first-order valence-corrected chi connectivity index (χ1v) is 8.38. The monoisotopic (exact) mass is 342 g/mol. The number of aryl methyl sites for hydroxylation is 1. The SMILES string of the molecule is CCc1ccccc1NC(=O)CN(CCc1ccccc1F)C(C)=O. The lowest BCUT2D eigenvalue weighted by atomic mass is 10.1. The van der Waals surface area contributed by atoms with Gasteiger partial charge in [-0.15, -0.1) is 0 Å². The largest absolute Gasteiger partial charge is 0.333 e. The van der Waals surface area contributed by atoms with E-state index in [1.807, 2.05) is 31.2 Å². The van der Waals surface area contributed by atoms with E-state index in [4.69, 9.17) is 0 Å². The van der Waals surface area contributed by atoms with Gasteiger partial charge in [0.05, 0.1) is 6.54 Å². The Labute approximate surface area is 147 Å². The van der Waals surface area contributed by atoms with Crippen LogP contribution in [-0.2, 0) is 22.4 Å². The van der Waals surface area contributed by atoms with Crippen LogP contribution in [0.1, 0.15) is 25.0 Å². The van der Waals surface area contributed by atoms with Crippen LogP contribution in [0.4, 0.5) is 10.1 Å². The van der Waals surface area contributed by atoms with Gasteiger partial charge < -0.3 is 10.2 Å². The summed E-state index contributed by atoms with van der Waals surface area (Å²) in [6.45, 7) is 3.66. The van der Waals surface area contributed by atoms with Gasteiger partial charge in [-0.1, -0.05) is 43.3 Å². The van der Waals surface area contributed by atoms with E-state index in [1.54, 1.807) is 18.2 Å². The highest BCUT2D eigenvalue weighted by Crippen LogP contribution is 2.15. The maximum atomic E-state index is 13.7. The van der Waals surface area contributed by atoms with Gasteiger partial charge in [0.2, 0.25) is 11.8 Å². The van der Waals surface area contributed by atoms with Crippen LogP contribution in [0, 0.1) is 5.82 Å². The van der Waals surface area contributed by atoms with Crippen molar-refractivity contribution in [1.29, 1.82) is 0 Å². The number of amides is 2. The smallest absolute Gasteiger partial charge is 0.244 e. The molecule has 2 amide bonds. The molecule has 2 aromatic carbocycles. The molecule has 1 N–H and O–H groups in total. The van der Waals surface area contributed by atoms with E-state index < -0.39 is 0 Å². The van der Waals surface area contributed by atoms with Gasteiger partial charge in [-0.2, -0.15) is 0 Å². The molecule has 0 bridgehead atoms. The molecular formula is C20H23FN2O2. The molecule has 0 fully saturated rings. The van der Waals surface area contributed by atoms with Crippen molar-refractivity contribution < 1.29 is 14.0 Å². The number of anilines is 1. The van der Waals surface area contributed by atoms with Crippen LogP contribution >= 0.6 is 0 Å². The van der Waals surface area contributed by atoms with E-state index in [1.165, 1.54) is 17.9 Å². The topological polar surface area (TPSA) is 49.4 Å². The molecular weight excluding hydrogens is 319 g/mol. The van der Waals surface area contributed by atoms with Gasteiger partial charge in [-0.3, -0.25) is 9.59 Å². The lowest BCUT2D eigenvalue weighted by Gasteiger charge is -2.21. The third kappa shape index (κ3) is 5.41. The normalized spacial score (nSPS) is 10.4. The number of hydrogen-bond donors (Lipinski definition) is 1. The first-order chi connectivity index (χ1) is 12.0. The maximum absolute atomic E-state index is 13.7. The van der Waals surface area contributed by atoms with Crippen LogP contribution in [0.5, 0.6) is 0 Å². The Morgan fingerprint density at radius 1 is 1.04 bits per heavy atom. The molecule has 0 aliphatic heterocycles. The molecule has 132 valence electrons. The second-order valence-corrected chi connectivity index (χ2v) is 5.84. The van der Waals surface area contributed by atoms with E-state index in [2.05, 4.69) is 5.32 Å². The van der Waals surface area contributed by atoms with Crippen LogP contribution in [0.2, 0.25) is 0 Å². The predicted octanol–water partition coefficient (Wildman–Crippen LogP) is 3.42. The van der Waals surface area contributed by atoms with Crippen LogP contribution in [0.25, 0.3) is 0 Å². The summed E-state index contributed by atoms with van der Waals surface area (Å²) in [6, 6.07) is 14.0. The first kappa shape index (κ1) is 18.6. The fourth-order valence-electron chi connectivity index (χ4n) is 2.62. The molecule has 0 aliphatic rings. The highest BCUT2D eigenvalue weighted by Gasteiger charge is 2.15. The molecule has 0 radical (unpaired) electrons. The van der Waals surface area contributed by atoms with E-state index in [0.717, 1.165) is 17.7 Å². The summed E-state index contributed by atoms with van der Waals surface area (Å²) < 4.78 is 13.7. The number of carbonyl (C=O) groups excluding carboxylic acids is 2. The first-order valence-electron chi connectivity index (χ1n) is 8.38. The summed E-state index contributed by atoms with van der Waals surface area (Å²) in [6.07, 6.45) is 1.17. The number of carbonyl (C=O) groups is 2. The predicted molar refractivity (Wildman–Crippen MR) is 96.8 cm³/mol. The summed E-state index contributed by atoms with van der Waals surface area (Å²) in [5.41, 5.74) is 2.33. The second kappa shape index (κ2) is 8.97. The minimum absolute atomic E-state index is 0.0537. The summed E-state index contributed by atoms with van der Waals surface area (Å²) in [5, 5.41) is 2.85. The van der Waals surface area contributed by atoms with Crippen LogP contribution < -0.4 is 5.32 Å². The van der Waals surface area contributed by atoms with E-state index in [9.17, 15) is 14.0 Å². The molecule has 0 aromatic heterocycles. The number of nitrogens with one attached hydrogen (secondary N) is 1. The fraction of sp³-hybridized carbons (Fsp3) is 0.300. The number of para-hydroxylation sites is 1. The number of nitrogens with zero attached hydrogens (tertiary/aromatic N) is 1. The molecule has 0 spiro atoms. The van der Waals surface area contributed by atoms with Gasteiger partial charge in [-0.25, -0.2) is 4.39 Å². The van der Waals surface area contributed by atoms with Crippen molar-refractivity contribution in [2.45, 2.75) is 26.7 Å². The van der Waals surface area contributed by atoms with Crippen molar-refractivity contribution in [3.05, 3.63) is 65.5 Å². The standard InChI is InChI=1S/C20H23FN2O2/c1-3-16-8-5-7-11-19(16)22-20(25)14-23(15(2)24)13-12-17-9-4-6-10-18(17)21/h4-11H,3,12-14H2,1-2H3,(H,22,25). The Morgan fingerprint density at radius 3 is 2.32 bits per heavy atom. The van der Waals surface area contributed by atoms with Crippen molar-refractivity contribution in [3.8, 4) is 0 Å². The lowest BCUT2D eigenvalue weighted by molar-refractivity contribution is -0.132. The van der Waals surface area contributed by atoms with Crippen molar-refractivity contribution in [2.75, 3.05) is 18.4 Å². The molecule has 0 saturated carbocycles. The van der Waals surface area contributed by atoms with Gasteiger partial charge in [-0.05, 0) is 36.1 Å². The second-order valence-electron chi connectivity index (χ2n) is 5.84. The zero-order valence-electron chi connectivity index (χ0n) is 14.6. The average molecular weight is 342 g/mol. The lowest BCUT2D eigenvalue weighted by Crippen LogP contribution is -2.38. The van der Waals surface area contributed by atoms with E-state index >= 15 is 0 Å². The maximum Gasteiger partial charge on any atom is 0.244 e. The number of rotatable bonds is 7. The molecule has 0 atom stereocenters. The summed E-state index contributed by atoms with van der Waals surface area (Å²) in [7, 11) is 0. The zero-order valence-corrected chi connectivity index (χ0v) is 14.6. The molecule has 0 saturated heterocycles. The third-order valence-electron chi connectivity index (χ3n) is 4.06. The quantitative estimate of drug-likeness (QED) is 0.838. The Balaban J connectivity index is 1.97. The van der Waals surface area contributed by atoms with Gasteiger partial charge in [0.1, 0.15) is 5.82 Å². The average Bonchev–Trinajstić information content (AvgIpc) is 2.60. The Kier molecular flexibility index (Phi) is 6.69. The molecule has 5 heteroatoms. The summed E-state index contributed by atoms with van der Waals surface area (Å²) >= 11 is 0. The van der Waals surface area contributed by atoms with Crippen LogP contribution in [-0.4, -0.2) is 29.8 Å². The minimum Gasteiger partial charge on any atom is -0.333 e. The Morgan fingerprint density at radius 2 is 1.68 bits per heavy atom. The molecule has 0 unspecified atom stereocenters. The van der Waals surface area contributed by atoms with Gasteiger partial charge in [0.15, 0.2) is 0 Å². The van der Waals surface area contributed by atoms with Gasteiger partial charge >= 0.3 is 0 Å². The Bertz CT molecular complexity index is 746. The van der Waals surface area contributed by atoms with Gasteiger partial charge in [0.25, 0.3) is 0 Å². The van der Waals surface area contributed by atoms with E-state index in [-0.39, 0.29) is 24.2 Å². The van der Waals surface area contributed by atoms with Crippen LogP contribution in [0.3, 0.4) is 0 Å². The summed E-state index contributed by atoms with van der Waals surface area (Å²) in [5.74, 6) is -0.771. The minimum atomic E-state index is -0.299. The molecule has 2 aromatic rings. The zero-order chi connectivity index (χ0) is 18.2. The van der Waals surface area contributed by atoms with Crippen molar-refractivity contribution in [1.82, 2.24) is 4.90 Å². The Hall–Kier alpha value is -2.69. The van der Waals surface area contributed by atoms with E-state index in [0.29, 0.717) is 18.5 Å². The molecule has 0 heterocycles. The fourth-order valence-corrected chi connectivity index (χ4v) is 2.62. The highest BCUT2D eigenvalue weighted by atomic mass is 19.1. The van der Waals surface area contributed by atoms with Crippen LogP contribution in [0.15, 0.2) is 48.5 Å². The highest BCUT2D eigenvalue weighted by molar-refractivity contribution is 5.94. The number of halogens is 1. The summed E-state index contributed by atoms with van der Waals surface area (Å²) in [4.78, 5) is 25.5. The molecule has 25 heavy (non-hydrogen) atoms. The number of benzene rings is 2. The van der Waals surface area contributed by atoms with Crippen molar-refractivity contribution >= 4 is 17.5 Å². The van der Waals surface area contributed by atoms with Crippen molar-refractivity contribution in [3.63, 3.8) is 0 Å². The number of hydrogen-bond acceptors (Lipinski definition) is 2. The molecule has 2 rings (SSSR count). The van der Waals surface area contributed by atoms with Gasteiger partial charge in [0, 0.05) is 19.2 Å².